The molecule has 7 nitrogen and oxygen atoms in total. The molecule has 0 aliphatic carbocycles. The van der Waals surface area contributed by atoms with Crippen molar-refractivity contribution in [2.45, 2.75) is 25.2 Å². The summed E-state index contributed by atoms with van der Waals surface area (Å²) in [5.74, 6) is 0.925. The number of rotatable bonds is 5. The van der Waals surface area contributed by atoms with Crippen molar-refractivity contribution < 1.29 is 14.5 Å². The molecule has 30 heavy (non-hydrogen) atoms. The lowest BCUT2D eigenvalue weighted by molar-refractivity contribution is -0.759. The van der Waals surface area contributed by atoms with Crippen LogP contribution in [0.1, 0.15) is 25.6 Å². The molecule has 1 aromatic heterocycles. The van der Waals surface area contributed by atoms with Gasteiger partial charge in [-0.05, 0) is 47.7 Å². The first-order valence-electron chi connectivity index (χ1n) is 9.33. The zero-order chi connectivity index (χ0) is 21.4. The summed E-state index contributed by atoms with van der Waals surface area (Å²) < 4.78 is 8.05. The molecular formula is C20H19BrClN4O3S+. The smallest absolute Gasteiger partial charge is 0.325 e. The van der Waals surface area contributed by atoms with Crippen LogP contribution in [-0.4, -0.2) is 27.5 Å². The van der Waals surface area contributed by atoms with Crippen molar-refractivity contribution in [3.63, 3.8) is 0 Å². The summed E-state index contributed by atoms with van der Waals surface area (Å²) in [5, 5.41) is 19.0. The van der Waals surface area contributed by atoms with Gasteiger partial charge < -0.3 is 15.2 Å². The molecule has 1 aliphatic heterocycles. The van der Waals surface area contributed by atoms with E-state index in [9.17, 15) is 9.90 Å². The second-order valence-corrected chi connectivity index (χ2v) is 9.08. The van der Waals surface area contributed by atoms with Crippen molar-refractivity contribution in [3.05, 3.63) is 55.7 Å². The molecule has 0 amide bonds. The van der Waals surface area contributed by atoms with E-state index in [0.717, 1.165) is 21.5 Å². The van der Waals surface area contributed by atoms with Gasteiger partial charge in [0, 0.05) is 15.1 Å². The van der Waals surface area contributed by atoms with Gasteiger partial charge in [0.25, 0.3) is 6.17 Å². The highest BCUT2D eigenvalue weighted by molar-refractivity contribution is 9.10. The third kappa shape index (κ3) is 3.77. The molecule has 3 N–H and O–H groups in total. The van der Waals surface area contributed by atoms with Crippen LogP contribution < -0.4 is 20.3 Å². The van der Waals surface area contributed by atoms with Gasteiger partial charge in [-0.25, -0.2) is 0 Å². The number of halogens is 2. The van der Waals surface area contributed by atoms with Gasteiger partial charge in [-0.1, -0.05) is 46.2 Å². The lowest BCUT2D eigenvalue weighted by Crippen LogP contribution is -2.55. The van der Waals surface area contributed by atoms with Crippen LogP contribution in [0.25, 0.3) is 11.3 Å². The van der Waals surface area contributed by atoms with E-state index in [1.54, 1.807) is 16.8 Å². The minimum Gasteiger partial charge on any atom is -0.503 e. The minimum atomic E-state index is -0.524. The molecule has 3 aromatic rings. The fourth-order valence-corrected chi connectivity index (χ4v) is 4.52. The van der Waals surface area contributed by atoms with E-state index in [2.05, 4.69) is 31.3 Å². The van der Waals surface area contributed by atoms with Gasteiger partial charge in [0.1, 0.15) is 0 Å². The Morgan fingerprint density at radius 1 is 1.33 bits per heavy atom. The Balaban J connectivity index is 1.96. The van der Waals surface area contributed by atoms with Gasteiger partial charge in [-0.3, -0.25) is 9.78 Å². The molecule has 0 bridgehead atoms. The Hall–Kier alpha value is -2.23. The number of aromatic hydroxyl groups is 1. The topological polar surface area (TPSA) is 91.1 Å². The van der Waals surface area contributed by atoms with Crippen molar-refractivity contribution in [3.8, 4) is 22.8 Å². The average Bonchev–Trinajstić information content (AvgIpc) is 2.71. The van der Waals surface area contributed by atoms with E-state index in [1.165, 1.54) is 11.8 Å². The zero-order valence-electron chi connectivity index (χ0n) is 16.2. The maximum atomic E-state index is 13.0. The third-order valence-corrected chi connectivity index (χ3v) is 6.11. The highest BCUT2D eigenvalue weighted by atomic mass is 79.9. The molecule has 0 unspecified atom stereocenters. The lowest BCUT2D eigenvalue weighted by Gasteiger charge is -2.23. The molecular weight excluding hydrogens is 492 g/mol. The van der Waals surface area contributed by atoms with E-state index in [0.29, 0.717) is 23.0 Å². The summed E-state index contributed by atoms with van der Waals surface area (Å²) in [6, 6.07) is 9.03. The lowest BCUT2D eigenvalue weighted by atomic mass is 10.0. The van der Waals surface area contributed by atoms with Crippen LogP contribution >= 0.6 is 39.3 Å². The number of phenolic OH excluding ortho intramolecular Hbond substituents is 1. The molecule has 0 fully saturated rings. The van der Waals surface area contributed by atoms with Gasteiger partial charge in [0.2, 0.25) is 5.16 Å². The highest BCUT2D eigenvalue weighted by Gasteiger charge is 2.38. The van der Waals surface area contributed by atoms with Crippen molar-refractivity contribution in [1.82, 2.24) is 10.1 Å². The number of nitrogens with one attached hydrogen (secondary N) is 2. The minimum absolute atomic E-state index is 0.117. The Labute approximate surface area is 190 Å². The van der Waals surface area contributed by atoms with Gasteiger partial charge >= 0.3 is 11.3 Å². The van der Waals surface area contributed by atoms with Crippen LogP contribution in [-0.2, 0) is 0 Å². The van der Waals surface area contributed by atoms with Gasteiger partial charge in [0.15, 0.2) is 11.5 Å². The number of aromatic amines is 1. The Kier molecular flexibility index (Phi) is 5.95. The largest absolute Gasteiger partial charge is 0.503 e. The molecule has 1 atom stereocenters. The predicted octanol–water partition coefficient (Wildman–Crippen LogP) is 4.33. The highest BCUT2D eigenvalue weighted by Crippen LogP contribution is 2.39. The number of aromatic nitrogens is 3. The van der Waals surface area contributed by atoms with Crippen molar-refractivity contribution in [2.24, 2.45) is 0 Å². The Bertz CT molecular complexity index is 1190. The number of hydrogen-bond donors (Lipinski definition) is 3. The number of anilines is 1. The fourth-order valence-electron chi connectivity index (χ4n) is 3.36. The summed E-state index contributed by atoms with van der Waals surface area (Å²) in [4.78, 5) is 15.9. The molecule has 0 saturated heterocycles. The van der Waals surface area contributed by atoms with Crippen molar-refractivity contribution in [2.75, 3.05) is 17.7 Å². The number of H-pyrrole nitrogens is 1. The number of nitrogens with zero attached hydrogens (tertiary/aromatic N) is 2. The Morgan fingerprint density at radius 3 is 2.87 bits per heavy atom. The first kappa shape index (κ1) is 21.0. The number of fused-ring (bicyclic) bond motifs is 3. The van der Waals surface area contributed by atoms with Crippen LogP contribution in [0, 0.1) is 0 Å². The maximum absolute atomic E-state index is 13.0. The first-order valence-corrected chi connectivity index (χ1v) is 11.5. The second-order valence-electron chi connectivity index (χ2n) is 6.50. The molecule has 10 heteroatoms. The average molecular weight is 511 g/mol. The second kappa shape index (κ2) is 8.49. The molecule has 0 saturated carbocycles. The van der Waals surface area contributed by atoms with E-state index in [-0.39, 0.29) is 22.1 Å². The third-order valence-electron chi connectivity index (χ3n) is 4.58. The quantitative estimate of drug-likeness (QED) is 0.350. The Morgan fingerprint density at radius 2 is 2.13 bits per heavy atom. The summed E-state index contributed by atoms with van der Waals surface area (Å²) >= 11 is 11.2. The molecule has 0 spiro atoms. The summed E-state index contributed by atoms with van der Waals surface area (Å²) in [7, 11) is 0. The summed E-state index contributed by atoms with van der Waals surface area (Å²) in [5.41, 5.74) is 2.41. The van der Waals surface area contributed by atoms with E-state index in [4.69, 9.17) is 16.3 Å². The van der Waals surface area contributed by atoms with Gasteiger partial charge in [-0.15, -0.1) is 0 Å². The molecule has 1 aliphatic rings. The van der Waals surface area contributed by atoms with Crippen molar-refractivity contribution >= 4 is 45.0 Å². The van der Waals surface area contributed by atoms with Gasteiger partial charge in [-0.2, -0.15) is 0 Å². The molecule has 4 rings (SSSR count). The SMILES string of the molecule is CCOc1cc([C@H]2Nc3ccc(Br)cc3-c3c(=O)[nH]c(SCC)n[n+]32)cc(Cl)c1O. The molecule has 156 valence electrons. The van der Waals surface area contributed by atoms with Gasteiger partial charge in [0.05, 0.1) is 22.9 Å². The fraction of sp³-hybridized carbons (Fsp3) is 0.250. The number of hydrogen-bond acceptors (Lipinski definition) is 6. The van der Waals surface area contributed by atoms with Crippen LogP contribution in [0.15, 0.2) is 44.8 Å². The molecule has 2 aromatic carbocycles. The standard InChI is InChI=1S/C20H18BrClN4O3S/c1-3-29-15-8-10(7-13(22)17(15)27)18-23-14-6-5-11(21)9-12(14)16-19(28)24-20(30-4-2)25-26(16)18/h5-9,18H,3-4H2,1-2H3,(H2,24,25,27,28)/p+1/t18-/m0/s1. The number of benzene rings is 2. The molecule has 0 radical (unpaired) electrons. The number of phenols is 1. The normalized spacial score (nSPS) is 14.6. The summed E-state index contributed by atoms with van der Waals surface area (Å²) in [6.07, 6.45) is -0.524. The monoisotopic (exact) mass is 509 g/mol. The number of thioether (sulfide) groups is 1. The van der Waals surface area contributed by atoms with Crippen LogP contribution in [0.4, 0.5) is 5.69 Å². The van der Waals surface area contributed by atoms with E-state index >= 15 is 0 Å². The van der Waals surface area contributed by atoms with Crippen molar-refractivity contribution in [1.29, 1.82) is 0 Å². The maximum Gasteiger partial charge on any atom is 0.325 e. The summed E-state index contributed by atoms with van der Waals surface area (Å²) in [6.45, 7) is 4.19. The molecule has 2 heterocycles. The predicted molar refractivity (Wildman–Crippen MR) is 121 cm³/mol. The van der Waals surface area contributed by atoms with E-state index in [1.807, 2.05) is 32.0 Å². The van der Waals surface area contributed by atoms with Crippen LogP contribution in [0.2, 0.25) is 5.02 Å². The van der Waals surface area contributed by atoms with E-state index < -0.39 is 6.17 Å². The number of ether oxygens (including phenoxy) is 1. The van der Waals surface area contributed by atoms with Crippen LogP contribution in [0.3, 0.4) is 0 Å². The first-order chi connectivity index (χ1) is 14.4. The van der Waals surface area contributed by atoms with Crippen LogP contribution in [0.5, 0.6) is 11.5 Å². The zero-order valence-corrected chi connectivity index (χ0v) is 19.4.